The van der Waals surface area contributed by atoms with Crippen LogP contribution in [-0.4, -0.2) is 31.9 Å². The number of ether oxygens (including phenoxy) is 1. The molecule has 3 N–H and O–H groups in total. The van der Waals surface area contributed by atoms with Crippen LogP contribution in [0.3, 0.4) is 0 Å². The topological polar surface area (TPSA) is 86.2 Å². The van der Waals surface area contributed by atoms with Gasteiger partial charge in [-0.05, 0) is 26.0 Å². The van der Waals surface area contributed by atoms with Crippen LogP contribution >= 0.6 is 0 Å². The molecule has 1 atom stereocenters. The fraction of sp³-hybridized carbons (Fsp3) is 0.375. The summed E-state index contributed by atoms with van der Waals surface area (Å²) in [5, 5.41) is 10.5. The maximum Gasteiger partial charge on any atom is 0.152 e. The Labute approximate surface area is 131 Å². The summed E-state index contributed by atoms with van der Waals surface area (Å²) >= 11 is 0. The summed E-state index contributed by atoms with van der Waals surface area (Å²) in [6, 6.07) is 4.37. The Morgan fingerprint density at radius 3 is 2.91 bits per heavy atom. The normalized spacial score (nSPS) is 18.5. The van der Waals surface area contributed by atoms with E-state index < -0.39 is 11.7 Å². The summed E-state index contributed by atoms with van der Waals surface area (Å²) in [7, 11) is 0. The zero-order valence-electron chi connectivity index (χ0n) is 12.9. The monoisotopic (exact) mass is 316 g/mol. The maximum atomic E-state index is 14.7. The van der Waals surface area contributed by atoms with Crippen molar-refractivity contribution >= 4 is 27.8 Å². The predicted molar refractivity (Wildman–Crippen MR) is 85.0 cm³/mol. The first-order valence-electron chi connectivity index (χ1n) is 7.42. The van der Waals surface area contributed by atoms with Gasteiger partial charge in [-0.25, -0.2) is 14.4 Å². The summed E-state index contributed by atoms with van der Waals surface area (Å²) in [5.41, 5.74) is 6.39. The van der Waals surface area contributed by atoms with Crippen molar-refractivity contribution in [3.63, 3.8) is 0 Å². The third-order valence-electron chi connectivity index (χ3n) is 4.32. The summed E-state index contributed by atoms with van der Waals surface area (Å²) in [4.78, 5) is 8.81. The van der Waals surface area contributed by atoms with Gasteiger partial charge in [0.15, 0.2) is 5.82 Å². The third kappa shape index (κ3) is 2.03. The highest BCUT2D eigenvalue weighted by atomic mass is 19.1. The molecule has 0 bridgehead atoms. The molecule has 1 aromatic carbocycles. The van der Waals surface area contributed by atoms with Crippen LogP contribution in [0.2, 0.25) is 0 Å². The number of nitrogens with two attached hydrogens (primary N) is 1. The standard InChI is InChI=1S/C16H17FN4O2/c1-16(2,17)11-6-23-7-12-20-13-14(21(11)12)9-4-3-8(22)5-10(9)19-15(13)18/h3-5,11,22H,6-7H2,1-2H3,(H2,18,19)/t11-/m0/s1. The van der Waals surface area contributed by atoms with Gasteiger partial charge in [-0.3, -0.25) is 0 Å². The molecular weight excluding hydrogens is 299 g/mol. The van der Waals surface area contributed by atoms with Crippen LogP contribution < -0.4 is 5.73 Å². The fourth-order valence-electron chi connectivity index (χ4n) is 3.19. The van der Waals surface area contributed by atoms with Gasteiger partial charge >= 0.3 is 0 Å². The molecule has 4 rings (SSSR count). The molecule has 3 heterocycles. The molecule has 3 aromatic rings. The first kappa shape index (κ1) is 14.2. The van der Waals surface area contributed by atoms with Gasteiger partial charge < -0.3 is 20.1 Å². The molecule has 0 fully saturated rings. The molecule has 23 heavy (non-hydrogen) atoms. The largest absolute Gasteiger partial charge is 0.508 e. The average molecular weight is 316 g/mol. The van der Waals surface area contributed by atoms with Crippen LogP contribution in [-0.2, 0) is 11.3 Å². The zero-order chi connectivity index (χ0) is 16.4. The second-order valence-electron chi connectivity index (χ2n) is 6.39. The Morgan fingerprint density at radius 2 is 2.17 bits per heavy atom. The summed E-state index contributed by atoms with van der Waals surface area (Å²) < 4.78 is 22.1. The molecule has 6 nitrogen and oxygen atoms in total. The number of hydrogen-bond donors (Lipinski definition) is 2. The van der Waals surface area contributed by atoms with Gasteiger partial charge in [0.2, 0.25) is 0 Å². The molecule has 7 heteroatoms. The van der Waals surface area contributed by atoms with E-state index in [1.165, 1.54) is 13.8 Å². The van der Waals surface area contributed by atoms with Crippen molar-refractivity contribution in [3.05, 3.63) is 24.0 Å². The number of alkyl halides is 1. The minimum absolute atomic E-state index is 0.104. The molecule has 0 radical (unpaired) electrons. The summed E-state index contributed by atoms with van der Waals surface area (Å²) in [6.45, 7) is 3.63. The lowest BCUT2D eigenvalue weighted by molar-refractivity contribution is -0.00211. The lowest BCUT2D eigenvalue weighted by Crippen LogP contribution is -2.36. The number of imidazole rings is 1. The van der Waals surface area contributed by atoms with E-state index in [9.17, 15) is 9.50 Å². The summed E-state index contributed by atoms with van der Waals surface area (Å²) in [6.07, 6.45) is 0. The number of hydrogen-bond acceptors (Lipinski definition) is 5. The number of pyridine rings is 1. The first-order valence-corrected chi connectivity index (χ1v) is 7.42. The van der Waals surface area contributed by atoms with E-state index in [1.807, 2.05) is 4.57 Å². The highest BCUT2D eigenvalue weighted by Crippen LogP contribution is 2.38. The number of rotatable bonds is 1. The number of aromatic nitrogens is 3. The molecule has 0 saturated carbocycles. The Hall–Kier alpha value is -2.41. The second-order valence-corrected chi connectivity index (χ2v) is 6.39. The van der Waals surface area contributed by atoms with Gasteiger partial charge in [0.1, 0.15) is 29.4 Å². The molecule has 2 aromatic heterocycles. The van der Waals surface area contributed by atoms with Crippen molar-refractivity contribution < 1.29 is 14.2 Å². The van der Waals surface area contributed by atoms with Gasteiger partial charge in [-0.2, -0.15) is 0 Å². The first-order chi connectivity index (χ1) is 10.9. The van der Waals surface area contributed by atoms with Crippen molar-refractivity contribution in [2.24, 2.45) is 0 Å². The van der Waals surface area contributed by atoms with Crippen LogP contribution in [0, 0.1) is 0 Å². The number of nitrogen functional groups attached to an aromatic ring is 1. The Kier molecular flexibility index (Phi) is 2.81. The highest BCUT2D eigenvalue weighted by molar-refractivity contribution is 6.07. The van der Waals surface area contributed by atoms with Crippen LogP contribution in [0.1, 0.15) is 25.7 Å². The molecule has 120 valence electrons. The molecule has 0 saturated heterocycles. The maximum absolute atomic E-state index is 14.7. The predicted octanol–water partition coefficient (Wildman–Crippen LogP) is 2.69. The SMILES string of the molecule is CC(C)(F)[C@@H]1COCc2nc3c(N)nc4cc(O)ccc4c3n21. The van der Waals surface area contributed by atoms with Crippen LogP contribution in [0.4, 0.5) is 10.2 Å². The molecule has 1 aliphatic heterocycles. The molecule has 0 unspecified atom stereocenters. The number of anilines is 1. The van der Waals surface area contributed by atoms with Crippen molar-refractivity contribution in [2.75, 3.05) is 12.3 Å². The van der Waals surface area contributed by atoms with Crippen molar-refractivity contribution in [1.82, 2.24) is 14.5 Å². The van der Waals surface area contributed by atoms with Crippen molar-refractivity contribution in [3.8, 4) is 5.75 Å². The lowest BCUT2D eigenvalue weighted by Gasteiger charge is -2.33. The van der Waals surface area contributed by atoms with E-state index in [0.717, 1.165) is 10.9 Å². The lowest BCUT2D eigenvalue weighted by atomic mass is 10.00. The number of nitrogens with zero attached hydrogens (tertiary/aromatic N) is 3. The Bertz CT molecular complexity index is 929. The summed E-state index contributed by atoms with van der Waals surface area (Å²) in [5.74, 6) is 0.999. The fourth-order valence-corrected chi connectivity index (χ4v) is 3.19. The highest BCUT2D eigenvalue weighted by Gasteiger charge is 2.37. The van der Waals surface area contributed by atoms with Gasteiger partial charge in [0.25, 0.3) is 0 Å². The van der Waals surface area contributed by atoms with E-state index >= 15 is 0 Å². The molecule has 1 aliphatic rings. The minimum Gasteiger partial charge on any atom is -0.508 e. The van der Waals surface area contributed by atoms with E-state index in [-0.39, 0.29) is 18.2 Å². The molecule has 0 spiro atoms. The Balaban J connectivity index is 2.15. The number of benzene rings is 1. The Morgan fingerprint density at radius 1 is 1.39 bits per heavy atom. The molecule has 0 amide bonds. The average Bonchev–Trinajstić information content (AvgIpc) is 2.86. The van der Waals surface area contributed by atoms with Crippen molar-refractivity contribution in [2.45, 2.75) is 32.2 Å². The van der Waals surface area contributed by atoms with Crippen LogP contribution in [0.25, 0.3) is 21.9 Å². The zero-order valence-corrected chi connectivity index (χ0v) is 12.9. The number of phenols is 1. The quantitative estimate of drug-likeness (QED) is 0.721. The third-order valence-corrected chi connectivity index (χ3v) is 4.32. The van der Waals surface area contributed by atoms with Gasteiger partial charge in [0.05, 0.1) is 23.7 Å². The number of halogens is 1. The molecule has 0 aliphatic carbocycles. The van der Waals surface area contributed by atoms with E-state index in [4.69, 9.17) is 10.5 Å². The van der Waals surface area contributed by atoms with Gasteiger partial charge in [-0.15, -0.1) is 0 Å². The van der Waals surface area contributed by atoms with E-state index in [1.54, 1.807) is 18.2 Å². The smallest absolute Gasteiger partial charge is 0.152 e. The van der Waals surface area contributed by atoms with Gasteiger partial charge in [0, 0.05) is 11.5 Å². The van der Waals surface area contributed by atoms with Crippen LogP contribution in [0.15, 0.2) is 18.2 Å². The van der Waals surface area contributed by atoms with Gasteiger partial charge in [-0.1, -0.05) is 0 Å². The number of phenolic OH excluding ortho intramolecular Hbond substituents is 1. The van der Waals surface area contributed by atoms with E-state index in [2.05, 4.69) is 9.97 Å². The minimum atomic E-state index is -1.48. The van der Waals surface area contributed by atoms with Crippen LogP contribution in [0.5, 0.6) is 5.75 Å². The number of fused-ring (bicyclic) bond motifs is 5. The van der Waals surface area contributed by atoms with Crippen molar-refractivity contribution in [1.29, 1.82) is 0 Å². The second kappa shape index (κ2) is 4.55. The number of aromatic hydroxyl groups is 1. The van der Waals surface area contributed by atoms with E-state index in [0.29, 0.717) is 23.5 Å². The molecular formula is C16H17FN4O2.